The number of nitrogens with zero attached hydrogens (tertiary/aromatic N) is 3. The molecule has 0 saturated heterocycles. The van der Waals surface area contributed by atoms with Gasteiger partial charge in [-0.25, -0.2) is 18.1 Å². The van der Waals surface area contributed by atoms with Gasteiger partial charge in [0, 0.05) is 19.3 Å². The summed E-state index contributed by atoms with van der Waals surface area (Å²) in [4.78, 5) is 3.54. The Labute approximate surface area is 223 Å². The Morgan fingerprint density at radius 1 is 0.973 bits per heavy atom. The molecule has 0 bridgehead atoms. The molecule has 1 N–H and O–H groups in total. The maximum Gasteiger partial charge on any atom is 0.417 e. The van der Waals surface area contributed by atoms with E-state index >= 15 is 0 Å². The number of aromatic nitrogens is 3. The Hall–Kier alpha value is -3.19. The summed E-state index contributed by atoms with van der Waals surface area (Å²) >= 11 is 18.1. The number of anilines is 1. The lowest BCUT2D eigenvalue weighted by Crippen LogP contribution is -2.12. The van der Waals surface area contributed by atoms with Crippen LogP contribution < -0.4 is 14.2 Å². The molecule has 0 fully saturated rings. The van der Waals surface area contributed by atoms with Crippen molar-refractivity contribution in [2.24, 2.45) is 7.05 Å². The molecular weight excluding hydrogens is 580 g/mol. The fraction of sp³-hybridized carbons (Fsp3) is 0.0909. The Kier molecular flexibility index (Phi) is 7.47. The van der Waals surface area contributed by atoms with Gasteiger partial charge in [0.25, 0.3) is 10.0 Å². The first-order chi connectivity index (χ1) is 17.3. The Balaban J connectivity index is 1.45. The van der Waals surface area contributed by atoms with E-state index in [1.807, 2.05) is 0 Å². The maximum absolute atomic E-state index is 12.8. The van der Waals surface area contributed by atoms with Gasteiger partial charge in [0.05, 0.1) is 21.2 Å². The van der Waals surface area contributed by atoms with Gasteiger partial charge in [0.1, 0.15) is 16.5 Å². The fourth-order valence-electron chi connectivity index (χ4n) is 2.94. The second-order valence-corrected chi connectivity index (χ2v) is 10.2. The molecule has 37 heavy (non-hydrogen) atoms. The first-order valence-corrected chi connectivity index (χ1v) is 12.6. The largest absolute Gasteiger partial charge is 0.438 e. The first kappa shape index (κ1) is 26.9. The number of hydrogen-bond acceptors (Lipinski definition) is 6. The number of halogens is 6. The third-order valence-corrected chi connectivity index (χ3v) is 7.11. The van der Waals surface area contributed by atoms with Crippen molar-refractivity contribution in [2.75, 3.05) is 4.72 Å². The molecule has 0 aliphatic rings. The van der Waals surface area contributed by atoms with Crippen molar-refractivity contribution < 1.29 is 31.1 Å². The average Bonchev–Trinajstić information content (AvgIpc) is 3.06. The Morgan fingerprint density at radius 2 is 1.68 bits per heavy atom. The minimum atomic E-state index is -4.53. The van der Waals surface area contributed by atoms with Gasteiger partial charge in [-0.05, 0) is 48.5 Å². The molecule has 194 valence electrons. The van der Waals surface area contributed by atoms with Gasteiger partial charge < -0.3 is 9.47 Å². The third kappa shape index (κ3) is 6.21. The molecule has 2 aromatic carbocycles. The van der Waals surface area contributed by atoms with E-state index in [9.17, 15) is 21.6 Å². The highest BCUT2D eigenvalue weighted by Crippen LogP contribution is 2.35. The monoisotopic (exact) mass is 592 g/mol. The van der Waals surface area contributed by atoms with E-state index in [0.29, 0.717) is 11.9 Å². The highest BCUT2D eigenvalue weighted by Gasteiger charge is 2.30. The number of aryl methyl sites for hydroxylation is 1. The summed E-state index contributed by atoms with van der Waals surface area (Å²) in [5, 5.41) is 4.09. The molecule has 0 unspecified atom stereocenters. The molecule has 8 nitrogen and oxygen atoms in total. The molecular formula is C22H14Cl3F3N4O4S. The van der Waals surface area contributed by atoms with E-state index in [-0.39, 0.29) is 43.3 Å². The summed E-state index contributed by atoms with van der Waals surface area (Å²) in [7, 11) is -2.43. The van der Waals surface area contributed by atoms with Gasteiger partial charge in [-0.3, -0.25) is 4.72 Å². The van der Waals surface area contributed by atoms with Crippen molar-refractivity contribution in [3.05, 3.63) is 81.6 Å². The summed E-state index contributed by atoms with van der Waals surface area (Å²) < 4.78 is 78.4. The summed E-state index contributed by atoms with van der Waals surface area (Å²) in [6.45, 7) is 0. The Bertz CT molecular complexity index is 1550. The van der Waals surface area contributed by atoms with Crippen molar-refractivity contribution in [1.29, 1.82) is 0 Å². The van der Waals surface area contributed by atoms with Crippen LogP contribution in [0.2, 0.25) is 15.2 Å². The number of rotatable bonds is 7. The van der Waals surface area contributed by atoms with Crippen LogP contribution in [-0.4, -0.2) is 23.2 Å². The standard InChI is InChI=1S/C22H14Cl3F3N4O4S/c1-32-21(19(24)20(25)30-32)35-14-4-6-15(7-5-14)37(33,34)31-13-3-8-17(16(23)10-13)36-18-9-2-12(11-29-18)22(26,27)28/h2-11,31H,1H3. The molecule has 0 spiro atoms. The van der Waals surface area contributed by atoms with Gasteiger partial charge in [-0.15, -0.1) is 0 Å². The lowest BCUT2D eigenvalue weighted by molar-refractivity contribution is -0.137. The average molecular weight is 594 g/mol. The molecule has 0 atom stereocenters. The van der Waals surface area contributed by atoms with E-state index in [2.05, 4.69) is 14.8 Å². The number of pyridine rings is 1. The van der Waals surface area contributed by atoms with Crippen molar-refractivity contribution >= 4 is 50.5 Å². The number of hydrogen-bond donors (Lipinski definition) is 1. The van der Waals surface area contributed by atoms with E-state index < -0.39 is 21.8 Å². The van der Waals surface area contributed by atoms with Gasteiger partial charge in [-0.2, -0.15) is 18.3 Å². The number of alkyl halides is 3. The van der Waals surface area contributed by atoms with Gasteiger partial charge in [0.15, 0.2) is 5.15 Å². The Morgan fingerprint density at radius 3 is 2.22 bits per heavy atom. The molecule has 0 saturated carbocycles. The van der Waals surface area contributed by atoms with Crippen LogP contribution in [0.5, 0.6) is 23.3 Å². The van der Waals surface area contributed by atoms with E-state index in [1.165, 1.54) is 47.1 Å². The summed E-state index contributed by atoms with van der Waals surface area (Å²) in [5.41, 5.74) is -0.810. The molecule has 2 heterocycles. The zero-order chi connectivity index (χ0) is 27.0. The van der Waals surface area contributed by atoms with Crippen LogP contribution in [0.1, 0.15) is 5.56 Å². The second kappa shape index (κ2) is 10.3. The van der Waals surface area contributed by atoms with Crippen LogP contribution >= 0.6 is 34.8 Å². The quantitative estimate of drug-likeness (QED) is 0.244. The van der Waals surface area contributed by atoms with E-state index in [4.69, 9.17) is 44.3 Å². The zero-order valence-electron chi connectivity index (χ0n) is 18.4. The van der Waals surface area contributed by atoms with Crippen molar-refractivity contribution in [1.82, 2.24) is 14.8 Å². The second-order valence-electron chi connectivity index (χ2n) is 7.34. The highest BCUT2D eigenvalue weighted by atomic mass is 35.5. The lowest BCUT2D eigenvalue weighted by Gasteiger charge is -2.12. The van der Waals surface area contributed by atoms with Crippen molar-refractivity contribution in [2.45, 2.75) is 11.1 Å². The molecule has 15 heteroatoms. The van der Waals surface area contributed by atoms with Gasteiger partial charge in [0.2, 0.25) is 11.8 Å². The minimum Gasteiger partial charge on any atom is -0.438 e. The predicted octanol–water partition coefficient (Wildman–Crippen LogP) is 7.18. The molecule has 4 aromatic rings. The van der Waals surface area contributed by atoms with Crippen LogP contribution in [0.4, 0.5) is 18.9 Å². The number of nitrogens with one attached hydrogen (secondary N) is 1. The predicted molar refractivity (Wildman–Crippen MR) is 131 cm³/mol. The maximum atomic E-state index is 12.8. The molecule has 0 radical (unpaired) electrons. The molecule has 0 aliphatic carbocycles. The summed E-state index contributed by atoms with van der Waals surface area (Å²) in [6, 6.07) is 11.3. The van der Waals surface area contributed by atoms with Crippen molar-refractivity contribution in [3.8, 4) is 23.3 Å². The number of benzene rings is 2. The van der Waals surface area contributed by atoms with Gasteiger partial charge >= 0.3 is 6.18 Å². The van der Waals surface area contributed by atoms with Crippen molar-refractivity contribution in [3.63, 3.8) is 0 Å². The zero-order valence-corrected chi connectivity index (χ0v) is 21.5. The van der Waals surface area contributed by atoms with Crippen LogP contribution in [0.15, 0.2) is 65.7 Å². The van der Waals surface area contributed by atoms with Crippen LogP contribution in [0.3, 0.4) is 0 Å². The number of ether oxygens (including phenoxy) is 2. The van der Waals surface area contributed by atoms with Crippen LogP contribution in [0, 0.1) is 0 Å². The van der Waals surface area contributed by atoms with E-state index in [1.54, 1.807) is 7.05 Å². The minimum absolute atomic E-state index is 0.00244. The molecule has 0 aliphatic heterocycles. The highest BCUT2D eigenvalue weighted by molar-refractivity contribution is 7.92. The molecule has 0 amide bonds. The van der Waals surface area contributed by atoms with Crippen LogP contribution in [0.25, 0.3) is 0 Å². The molecule has 2 aromatic heterocycles. The van der Waals surface area contributed by atoms with Gasteiger partial charge in [-0.1, -0.05) is 34.8 Å². The fourth-order valence-corrected chi connectivity index (χ4v) is 4.60. The lowest BCUT2D eigenvalue weighted by atomic mass is 10.3. The summed E-state index contributed by atoms with van der Waals surface area (Å²) in [5.74, 6) is 0.415. The first-order valence-electron chi connectivity index (χ1n) is 10.0. The smallest absolute Gasteiger partial charge is 0.417 e. The van der Waals surface area contributed by atoms with Crippen LogP contribution in [-0.2, 0) is 23.2 Å². The summed E-state index contributed by atoms with van der Waals surface area (Å²) in [6.07, 6.45) is -3.90. The molecule has 4 rings (SSSR count). The number of sulfonamides is 1. The third-order valence-electron chi connectivity index (χ3n) is 4.71. The SMILES string of the molecule is Cn1nc(Cl)c(Cl)c1Oc1ccc(S(=O)(=O)Nc2ccc(Oc3ccc(C(F)(F)F)cn3)c(Cl)c2)cc1. The van der Waals surface area contributed by atoms with E-state index in [0.717, 1.165) is 12.1 Å². The normalized spacial score (nSPS) is 11.9. The topological polar surface area (TPSA) is 95.3 Å².